The fourth-order valence-corrected chi connectivity index (χ4v) is 4.32. The average molecular weight is 460 g/mol. The van der Waals surface area contributed by atoms with Gasteiger partial charge in [-0.05, 0) is 60.2 Å². The Bertz CT molecular complexity index is 1290. The van der Waals surface area contributed by atoms with Gasteiger partial charge < -0.3 is 9.47 Å². The second-order valence-corrected chi connectivity index (χ2v) is 8.17. The molecule has 0 bridgehead atoms. The Morgan fingerprint density at radius 3 is 2.58 bits per heavy atom. The van der Waals surface area contributed by atoms with Gasteiger partial charge in [0.1, 0.15) is 11.5 Å². The number of amides is 1. The highest BCUT2D eigenvalue weighted by atomic mass is 32.2. The van der Waals surface area contributed by atoms with E-state index in [4.69, 9.17) is 9.47 Å². The fourth-order valence-electron chi connectivity index (χ4n) is 3.41. The monoisotopic (exact) mass is 460 g/mol. The SMILES string of the molecule is O=C(CSC1=NC(=Cc2ccc3c(c2)OCO3)C(=O)N1c1ccccc1)c1ccc(F)cc1. The first-order chi connectivity index (χ1) is 16.1. The number of nitrogens with zero attached hydrogens (tertiary/aromatic N) is 2. The second kappa shape index (κ2) is 8.91. The number of carbonyl (C=O) groups is 2. The number of carbonyl (C=O) groups excluding carboxylic acids is 2. The van der Waals surface area contributed by atoms with Crippen molar-refractivity contribution in [1.82, 2.24) is 0 Å². The lowest BCUT2D eigenvalue weighted by Gasteiger charge is -2.17. The number of ether oxygens (including phenoxy) is 2. The van der Waals surface area contributed by atoms with Gasteiger partial charge in [-0.15, -0.1) is 0 Å². The minimum atomic E-state index is -0.404. The molecule has 0 spiro atoms. The summed E-state index contributed by atoms with van der Waals surface area (Å²) >= 11 is 1.16. The summed E-state index contributed by atoms with van der Waals surface area (Å²) in [6, 6.07) is 19.9. The summed E-state index contributed by atoms with van der Waals surface area (Å²) < 4.78 is 23.9. The average Bonchev–Trinajstić information content (AvgIpc) is 3.42. The zero-order valence-electron chi connectivity index (χ0n) is 17.2. The Balaban J connectivity index is 1.42. The first-order valence-corrected chi connectivity index (χ1v) is 11.1. The van der Waals surface area contributed by atoms with Crippen molar-refractivity contribution < 1.29 is 23.5 Å². The van der Waals surface area contributed by atoms with E-state index in [-0.39, 0.29) is 29.9 Å². The number of fused-ring (bicyclic) bond motifs is 1. The molecule has 2 aliphatic rings. The number of benzene rings is 3. The molecule has 1 amide bonds. The Morgan fingerprint density at radius 2 is 1.79 bits per heavy atom. The van der Waals surface area contributed by atoms with Crippen LogP contribution in [0.4, 0.5) is 10.1 Å². The normalized spacial score (nSPS) is 15.8. The highest BCUT2D eigenvalue weighted by Crippen LogP contribution is 2.34. The molecule has 0 atom stereocenters. The molecular formula is C25H17FN2O4S. The standard InChI is InChI=1S/C25H17FN2O4S/c26-18-9-7-17(8-10-18)21(29)14-33-25-27-20(24(30)28(25)19-4-2-1-3-5-19)12-16-6-11-22-23(13-16)32-15-31-22/h1-13H,14-15H2. The number of hydrogen-bond donors (Lipinski definition) is 0. The molecule has 5 rings (SSSR count). The number of para-hydroxylation sites is 1. The Labute approximate surface area is 193 Å². The van der Waals surface area contributed by atoms with E-state index >= 15 is 0 Å². The van der Waals surface area contributed by atoms with Crippen molar-refractivity contribution in [3.05, 3.63) is 95.4 Å². The lowest BCUT2D eigenvalue weighted by molar-refractivity contribution is -0.113. The smallest absolute Gasteiger partial charge is 0.283 e. The van der Waals surface area contributed by atoms with E-state index in [0.717, 1.165) is 17.3 Å². The number of aliphatic imine (C=N–C) groups is 1. The van der Waals surface area contributed by atoms with Gasteiger partial charge in [-0.2, -0.15) is 0 Å². The summed E-state index contributed by atoms with van der Waals surface area (Å²) in [5.74, 6) is 0.432. The number of hydrogen-bond acceptors (Lipinski definition) is 6. The van der Waals surface area contributed by atoms with E-state index in [1.807, 2.05) is 24.3 Å². The van der Waals surface area contributed by atoms with Crippen LogP contribution < -0.4 is 14.4 Å². The van der Waals surface area contributed by atoms with Crippen LogP contribution in [0.25, 0.3) is 6.08 Å². The largest absolute Gasteiger partial charge is 0.454 e. The van der Waals surface area contributed by atoms with E-state index in [1.165, 1.54) is 29.2 Å². The van der Waals surface area contributed by atoms with E-state index in [9.17, 15) is 14.0 Å². The molecule has 33 heavy (non-hydrogen) atoms. The van der Waals surface area contributed by atoms with E-state index in [1.54, 1.807) is 30.3 Å². The van der Waals surface area contributed by atoms with Crippen molar-refractivity contribution >= 4 is 40.4 Å². The number of amidine groups is 1. The van der Waals surface area contributed by atoms with Crippen LogP contribution in [0.5, 0.6) is 11.5 Å². The first-order valence-electron chi connectivity index (χ1n) is 10.1. The summed E-state index contributed by atoms with van der Waals surface area (Å²) in [6.45, 7) is 0.164. The van der Waals surface area contributed by atoms with Crippen molar-refractivity contribution in [3.63, 3.8) is 0 Å². The third kappa shape index (κ3) is 4.38. The van der Waals surface area contributed by atoms with Crippen LogP contribution in [0.3, 0.4) is 0 Å². The Morgan fingerprint density at radius 1 is 1.03 bits per heavy atom. The number of anilines is 1. The van der Waals surface area contributed by atoms with Crippen molar-refractivity contribution in [2.24, 2.45) is 4.99 Å². The van der Waals surface area contributed by atoms with Gasteiger partial charge in [0.05, 0.1) is 11.4 Å². The molecule has 0 aliphatic carbocycles. The molecule has 0 saturated heterocycles. The lowest BCUT2D eigenvalue weighted by atomic mass is 10.1. The fraction of sp³-hybridized carbons (Fsp3) is 0.0800. The quantitative estimate of drug-likeness (QED) is 0.400. The predicted octanol–water partition coefficient (Wildman–Crippen LogP) is 4.91. The van der Waals surface area contributed by atoms with Crippen LogP contribution >= 0.6 is 11.8 Å². The van der Waals surface area contributed by atoms with Gasteiger partial charge >= 0.3 is 0 Å². The van der Waals surface area contributed by atoms with Crippen LogP contribution in [0.1, 0.15) is 15.9 Å². The molecule has 6 nitrogen and oxygen atoms in total. The van der Waals surface area contributed by atoms with Gasteiger partial charge in [-0.25, -0.2) is 9.38 Å². The summed E-state index contributed by atoms with van der Waals surface area (Å²) in [7, 11) is 0. The molecule has 164 valence electrons. The molecule has 0 N–H and O–H groups in total. The molecule has 2 aliphatic heterocycles. The number of ketones is 1. The maximum absolute atomic E-state index is 13.3. The molecule has 3 aromatic rings. The first kappa shape index (κ1) is 21.0. The van der Waals surface area contributed by atoms with Gasteiger partial charge in [-0.3, -0.25) is 14.5 Å². The third-order valence-electron chi connectivity index (χ3n) is 5.04. The number of thioether (sulfide) groups is 1. The zero-order chi connectivity index (χ0) is 22.8. The van der Waals surface area contributed by atoms with Crippen molar-refractivity contribution in [2.45, 2.75) is 0 Å². The summed E-state index contributed by atoms with van der Waals surface area (Å²) in [5.41, 5.74) is 2.04. The van der Waals surface area contributed by atoms with Gasteiger partial charge in [0.25, 0.3) is 5.91 Å². The predicted molar refractivity (Wildman–Crippen MR) is 125 cm³/mol. The zero-order valence-corrected chi connectivity index (χ0v) is 18.0. The minimum absolute atomic E-state index is 0.0540. The Kier molecular flexibility index (Phi) is 5.66. The third-order valence-corrected chi connectivity index (χ3v) is 5.98. The highest BCUT2D eigenvalue weighted by Gasteiger charge is 2.32. The maximum atomic E-state index is 13.3. The molecule has 0 aromatic heterocycles. The second-order valence-electron chi connectivity index (χ2n) is 7.23. The number of Topliss-reactive ketones (excluding diaryl/α,β-unsaturated/α-hetero) is 1. The molecule has 0 fully saturated rings. The molecule has 0 saturated carbocycles. The summed E-state index contributed by atoms with van der Waals surface area (Å²) in [5, 5.41) is 0.397. The maximum Gasteiger partial charge on any atom is 0.283 e. The van der Waals surface area contributed by atoms with Gasteiger partial charge in [-0.1, -0.05) is 36.0 Å². The highest BCUT2D eigenvalue weighted by molar-refractivity contribution is 8.14. The molecule has 2 heterocycles. The molecule has 0 radical (unpaired) electrons. The van der Waals surface area contributed by atoms with Crippen LogP contribution in [-0.2, 0) is 4.79 Å². The number of rotatable bonds is 5. The van der Waals surface area contributed by atoms with Crippen LogP contribution in [0, 0.1) is 5.82 Å². The number of halogens is 1. The van der Waals surface area contributed by atoms with Crippen molar-refractivity contribution in [2.75, 3.05) is 17.4 Å². The van der Waals surface area contributed by atoms with Crippen LogP contribution in [0.15, 0.2) is 83.5 Å². The van der Waals surface area contributed by atoms with Crippen molar-refractivity contribution in [1.29, 1.82) is 0 Å². The molecule has 3 aromatic carbocycles. The molecule has 8 heteroatoms. The van der Waals surface area contributed by atoms with Gasteiger partial charge in [0.15, 0.2) is 22.4 Å². The van der Waals surface area contributed by atoms with E-state index in [2.05, 4.69) is 4.99 Å². The van der Waals surface area contributed by atoms with Gasteiger partial charge in [0.2, 0.25) is 6.79 Å². The summed E-state index contributed by atoms with van der Waals surface area (Å²) in [6.07, 6.45) is 1.68. The Hall–Kier alpha value is -3.91. The lowest BCUT2D eigenvalue weighted by Crippen LogP contribution is -2.30. The topological polar surface area (TPSA) is 68.2 Å². The summed E-state index contributed by atoms with van der Waals surface area (Å²) in [4.78, 5) is 31.8. The minimum Gasteiger partial charge on any atom is -0.454 e. The van der Waals surface area contributed by atoms with Crippen molar-refractivity contribution in [3.8, 4) is 11.5 Å². The van der Waals surface area contributed by atoms with E-state index < -0.39 is 5.82 Å². The molecule has 0 unspecified atom stereocenters. The van der Waals surface area contributed by atoms with Crippen LogP contribution in [-0.4, -0.2) is 29.4 Å². The van der Waals surface area contributed by atoms with Gasteiger partial charge in [0, 0.05) is 5.56 Å². The van der Waals surface area contributed by atoms with E-state index in [0.29, 0.717) is 27.9 Å². The van der Waals surface area contributed by atoms with Crippen LogP contribution in [0.2, 0.25) is 0 Å². The molecular weight excluding hydrogens is 443 g/mol.